The minimum atomic E-state index is -3.73. The van der Waals surface area contributed by atoms with Gasteiger partial charge in [0.1, 0.15) is 0 Å². The number of nitrogens with zero attached hydrogens (tertiary/aromatic N) is 1. The zero-order valence-corrected chi connectivity index (χ0v) is 15.4. The topological polar surface area (TPSA) is 86.7 Å². The first kappa shape index (κ1) is 18.4. The molecule has 0 aromatic heterocycles. The largest absolute Gasteiger partial charge is 0.389 e. The third kappa shape index (κ3) is 4.05. The Morgan fingerprint density at radius 2 is 1.62 bits per heavy atom. The van der Waals surface area contributed by atoms with Gasteiger partial charge in [0.2, 0.25) is 0 Å². The summed E-state index contributed by atoms with van der Waals surface area (Å²) in [6, 6.07) is 12.5. The number of likely N-dealkylation sites (tertiary alicyclic amines) is 1. The summed E-state index contributed by atoms with van der Waals surface area (Å²) >= 11 is 0. The maximum absolute atomic E-state index is 12.5. The quantitative estimate of drug-likeness (QED) is 0.842. The van der Waals surface area contributed by atoms with Crippen LogP contribution in [0.15, 0.2) is 53.4 Å². The van der Waals surface area contributed by atoms with Gasteiger partial charge in [-0.2, -0.15) is 0 Å². The van der Waals surface area contributed by atoms with E-state index < -0.39 is 16.1 Å². The zero-order valence-electron chi connectivity index (χ0n) is 14.6. The van der Waals surface area contributed by atoms with Crippen molar-refractivity contribution in [1.29, 1.82) is 0 Å². The van der Waals surface area contributed by atoms with Crippen LogP contribution in [-0.2, 0) is 10.0 Å². The lowest BCUT2D eigenvalue weighted by Gasteiger charge is -2.15. The maximum atomic E-state index is 12.5. The van der Waals surface area contributed by atoms with E-state index in [1.807, 2.05) is 4.90 Å². The molecule has 2 aromatic rings. The monoisotopic (exact) mass is 374 g/mol. The lowest BCUT2D eigenvalue weighted by atomic mass is 10.1. The van der Waals surface area contributed by atoms with Crippen LogP contribution in [0, 0.1) is 0 Å². The molecule has 1 aliphatic heterocycles. The van der Waals surface area contributed by atoms with Crippen LogP contribution in [0.25, 0.3) is 0 Å². The van der Waals surface area contributed by atoms with Gasteiger partial charge < -0.3 is 10.0 Å². The van der Waals surface area contributed by atoms with Crippen molar-refractivity contribution in [3.63, 3.8) is 0 Å². The molecule has 2 N–H and O–H groups in total. The van der Waals surface area contributed by atoms with Crippen LogP contribution in [-0.4, -0.2) is 37.4 Å². The first-order chi connectivity index (χ1) is 12.4. The molecule has 1 saturated heterocycles. The molecule has 0 bridgehead atoms. The lowest BCUT2D eigenvalue weighted by molar-refractivity contribution is 0.0793. The third-order valence-corrected chi connectivity index (χ3v) is 5.85. The van der Waals surface area contributed by atoms with E-state index in [1.54, 1.807) is 43.3 Å². The van der Waals surface area contributed by atoms with Crippen LogP contribution >= 0.6 is 0 Å². The molecule has 2 aromatic carbocycles. The summed E-state index contributed by atoms with van der Waals surface area (Å²) in [6.45, 7) is 3.16. The normalized spacial score (nSPS) is 15.7. The number of amides is 1. The van der Waals surface area contributed by atoms with Crippen molar-refractivity contribution in [2.75, 3.05) is 17.8 Å². The van der Waals surface area contributed by atoms with Crippen LogP contribution in [0.5, 0.6) is 0 Å². The Bertz CT molecular complexity index is 869. The average Bonchev–Trinajstić information content (AvgIpc) is 3.16. The second kappa shape index (κ2) is 7.47. The van der Waals surface area contributed by atoms with Crippen molar-refractivity contribution < 1.29 is 18.3 Å². The van der Waals surface area contributed by atoms with E-state index >= 15 is 0 Å². The molecule has 1 heterocycles. The number of anilines is 1. The summed E-state index contributed by atoms with van der Waals surface area (Å²) in [6.07, 6.45) is 1.40. The Balaban J connectivity index is 1.72. The molecule has 138 valence electrons. The van der Waals surface area contributed by atoms with Crippen molar-refractivity contribution >= 4 is 21.6 Å². The standard InChI is InChI=1S/C19H22N2O4S/c1-14(22)15-6-10-18(11-7-15)26(24,25)20-17-8-4-16(5-9-17)19(23)21-12-2-3-13-21/h4-11,14,20,22H,2-3,12-13H2,1H3/t14-/m1/s1. The van der Waals surface area contributed by atoms with E-state index in [-0.39, 0.29) is 10.8 Å². The summed E-state index contributed by atoms with van der Waals surface area (Å²) in [4.78, 5) is 14.2. The fourth-order valence-corrected chi connectivity index (χ4v) is 3.98. The number of nitrogens with one attached hydrogen (secondary N) is 1. The van der Waals surface area contributed by atoms with E-state index in [4.69, 9.17) is 0 Å². The second-order valence-electron chi connectivity index (χ2n) is 6.43. The molecular formula is C19H22N2O4S. The predicted molar refractivity (Wildman–Crippen MR) is 99.5 cm³/mol. The minimum Gasteiger partial charge on any atom is -0.389 e. The zero-order chi connectivity index (χ0) is 18.7. The van der Waals surface area contributed by atoms with Crippen molar-refractivity contribution in [3.8, 4) is 0 Å². The number of rotatable bonds is 5. The fourth-order valence-electron chi connectivity index (χ4n) is 2.92. The Labute approximate surface area is 153 Å². The fraction of sp³-hybridized carbons (Fsp3) is 0.316. The van der Waals surface area contributed by atoms with Crippen molar-refractivity contribution in [3.05, 3.63) is 59.7 Å². The highest BCUT2D eigenvalue weighted by molar-refractivity contribution is 7.92. The molecule has 1 fully saturated rings. The van der Waals surface area contributed by atoms with Crippen LogP contribution in [0.3, 0.4) is 0 Å². The van der Waals surface area contributed by atoms with Gasteiger partial charge in [0, 0.05) is 24.3 Å². The average molecular weight is 374 g/mol. The highest BCUT2D eigenvalue weighted by Gasteiger charge is 2.20. The van der Waals surface area contributed by atoms with Gasteiger partial charge in [0.15, 0.2) is 0 Å². The number of hydrogen-bond donors (Lipinski definition) is 2. The first-order valence-corrected chi connectivity index (χ1v) is 10.1. The molecule has 7 heteroatoms. The minimum absolute atomic E-state index is 0.0226. The number of hydrogen-bond acceptors (Lipinski definition) is 4. The van der Waals surface area contributed by atoms with Crippen molar-refractivity contribution in [1.82, 2.24) is 4.90 Å². The highest BCUT2D eigenvalue weighted by Crippen LogP contribution is 2.20. The SMILES string of the molecule is C[C@@H](O)c1ccc(S(=O)(=O)Nc2ccc(C(=O)N3CCCC3)cc2)cc1. The Morgan fingerprint density at radius 3 is 2.15 bits per heavy atom. The molecule has 1 aliphatic rings. The van der Waals surface area contributed by atoms with E-state index in [0.29, 0.717) is 16.8 Å². The van der Waals surface area contributed by atoms with Gasteiger partial charge in [-0.3, -0.25) is 9.52 Å². The van der Waals surface area contributed by atoms with Crippen LogP contribution in [0.1, 0.15) is 41.8 Å². The van der Waals surface area contributed by atoms with Crippen molar-refractivity contribution in [2.24, 2.45) is 0 Å². The third-order valence-electron chi connectivity index (χ3n) is 4.45. The molecular weight excluding hydrogens is 352 g/mol. The highest BCUT2D eigenvalue weighted by atomic mass is 32.2. The molecule has 0 radical (unpaired) electrons. The molecule has 0 spiro atoms. The molecule has 0 saturated carbocycles. The molecule has 0 unspecified atom stereocenters. The molecule has 1 amide bonds. The number of carbonyl (C=O) groups excluding carboxylic acids is 1. The number of aliphatic hydroxyl groups excluding tert-OH is 1. The van der Waals surface area contributed by atoms with Gasteiger partial charge in [0.25, 0.3) is 15.9 Å². The van der Waals surface area contributed by atoms with E-state index in [2.05, 4.69) is 4.72 Å². The van der Waals surface area contributed by atoms with Gasteiger partial charge in [-0.25, -0.2) is 8.42 Å². The van der Waals surface area contributed by atoms with Gasteiger partial charge >= 0.3 is 0 Å². The number of carbonyl (C=O) groups is 1. The van der Waals surface area contributed by atoms with Crippen LogP contribution in [0.2, 0.25) is 0 Å². The Hall–Kier alpha value is -2.38. The lowest BCUT2D eigenvalue weighted by Crippen LogP contribution is -2.27. The Morgan fingerprint density at radius 1 is 1.04 bits per heavy atom. The molecule has 3 rings (SSSR count). The summed E-state index contributed by atoms with van der Waals surface area (Å²) in [5, 5.41) is 9.51. The molecule has 0 aliphatic carbocycles. The maximum Gasteiger partial charge on any atom is 0.261 e. The van der Waals surface area contributed by atoms with Gasteiger partial charge in [0.05, 0.1) is 11.0 Å². The van der Waals surface area contributed by atoms with Crippen LogP contribution < -0.4 is 4.72 Å². The van der Waals surface area contributed by atoms with Crippen LogP contribution in [0.4, 0.5) is 5.69 Å². The van der Waals surface area contributed by atoms with E-state index in [1.165, 1.54) is 12.1 Å². The van der Waals surface area contributed by atoms with Gasteiger partial charge in [-0.05, 0) is 61.7 Å². The summed E-state index contributed by atoms with van der Waals surface area (Å²) in [7, 11) is -3.73. The summed E-state index contributed by atoms with van der Waals surface area (Å²) < 4.78 is 27.4. The smallest absolute Gasteiger partial charge is 0.261 e. The second-order valence-corrected chi connectivity index (χ2v) is 8.11. The van der Waals surface area contributed by atoms with Crippen molar-refractivity contribution in [2.45, 2.75) is 30.8 Å². The molecule has 26 heavy (non-hydrogen) atoms. The predicted octanol–water partition coefficient (Wildman–Crippen LogP) is 2.78. The number of aliphatic hydroxyl groups is 1. The van der Waals surface area contributed by atoms with E-state index in [0.717, 1.165) is 25.9 Å². The number of benzene rings is 2. The Kier molecular flexibility index (Phi) is 5.29. The summed E-state index contributed by atoms with van der Waals surface area (Å²) in [5.74, 6) is -0.0226. The number of sulfonamides is 1. The summed E-state index contributed by atoms with van der Waals surface area (Å²) in [5.41, 5.74) is 1.59. The molecule has 1 atom stereocenters. The molecule has 6 nitrogen and oxygen atoms in total. The van der Waals surface area contributed by atoms with E-state index in [9.17, 15) is 18.3 Å². The first-order valence-electron chi connectivity index (χ1n) is 8.57. The van der Waals surface area contributed by atoms with Gasteiger partial charge in [-0.15, -0.1) is 0 Å². The van der Waals surface area contributed by atoms with Gasteiger partial charge in [-0.1, -0.05) is 12.1 Å².